The number of rotatable bonds is 6. The maximum Gasteiger partial charge on any atom is 0.338 e. The van der Waals surface area contributed by atoms with Crippen LogP contribution in [-0.4, -0.2) is 26.5 Å². The lowest BCUT2D eigenvalue weighted by molar-refractivity contribution is 0.0467. The normalized spacial score (nSPS) is 10.8. The molecule has 0 bridgehead atoms. The number of nitrogens with zero attached hydrogens (tertiary/aromatic N) is 3. The van der Waals surface area contributed by atoms with E-state index in [0.29, 0.717) is 33.9 Å². The Bertz CT molecular complexity index is 1360. The van der Waals surface area contributed by atoms with Crippen LogP contribution >= 0.6 is 11.3 Å². The van der Waals surface area contributed by atoms with Crippen molar-refractivity contribution in [1.82, 2.24) is 14.6 Å². The van der Waals surface area contributed by atoms with Crippen LogP contribution in [0.2, 0.25) is 0 Å². The molecule has 8 nitrogen and oxygen atoms in total. The lowest BCUT2D eigenvalue weighted by atomic mass is 10.1. The zero-order chi connectivity index (χ0) is 22.7. The number of anilines is 1. The number of amides is 1. The van der Waals surface area contributed by atoms with Crippen molar-refractivity contribution in [3.63, 3.8) is 0 Å². The van der Waals surface area contributed by atoms with E-state index in [9.17, 15) is 14.4 Å². The van der Waals surface area contributed by atoms with Gasteiger partial charge in [0.1, 0.15) is 11.6 Å². The summed E-state index contributed by atoms with van der Waals surface area (Å²) >= 11 is 1.33. The summed E-state index contributed by atoms with van der Waals surface area (Å²) < 4.78 is 6.55. The van der Waals surface area contributed by atoms with E-state index >= 15 is 0 Å². The molecule has 2 heterocycles. The fourth-order valence-electron chi connectivity index (χ4n) is 3.05. The van der Waals surface area contributed by atoms with Gasteiger partial charge in [-0.15, -0.1) is 0 Å². The average Bonchev–Trinajstić information content (AvgIpc) is 3.22. The number of ether oxygens (including phenoxy) is 1. The summed E-state index contributed by atoms with van der Waals surface area (Å²) in [5, 5.41) is 7.80. The van der Waals surface area contributed by atoms with Gasteiger partial charge in [0, 0.05) is 17.3 Å². The molecule has 0 fully saturated rings. The van der Waals surface area contributed by atoms with Gasteiger partial charge in [-0.3, -0.25) is 9.59 Å². The molecule has 9 heteroatoms. The molecular formula is C23H20N4O4S. The summed E-state index contributed by atoms with van der Waals surface area (Å²) in [6.07, 6.45) is 0.708. The largest absolute Gasteiger partial charge is 0.456 e. The molecule has 0 saturated heterocycles. The van der Waals surface area contributed by atoms with Gasteiger partial charge in [0.05, 0.1) is 11.3 Å². The van der Waals surface area contributed by atoms with Crippen LogP contribution in [0.3, 0.4) is 0 Å². The van der Waals surface area contributed by atoms with Gasteiger partial charge in [0.15, 0.2) is 0 Å². The van der Waals surface area contributed by atoms with Crippen LogP contribution in [0.5, 0.6) is 0 Å². The fourth-order valence-corrected chi connectivity index (χ4v) is 3.91. The third-order valence-corrected chi connectivity index (χ3v) is 5.81. The molecule has 1 amide bonds. The Hall–Kier alpha value is -3.85. The number of fused-ring (bicyclic) bond motifs is 1. The summed E-state index contributed by atoms with van der Waals surface area (Å²) in [7, 11) is 0. The SMILES string of the molecule is CCc1nn2c(=O)cc(COC(=O)c3ccc(NC(=O)c4ccccc4C)cc3)nc2s1. The minimum absolute atomic E-state index is 0.129. The number of benzene rings is 2. The Morgan fingerprint density at radius 3 is 2.59 bits per heavy atom. The van der Waals surface area contributed by atoms with Crippen molar-refractivity contribution in [2.24, 2.45) is 0 Å². The molecule has 2 aromatic carbocycles. The van der Waals surface area contributed by atoms with Crippen LogP contribution in [-0.2, 0) is 17.8 Å². The number of aryl methyl sites for hydroxylation is 2. The highest BCUT2D eigenvalue weighted by atomic mass is 32.1. The molecule has 0 aliphatic carbocycles. The number of hydrogen-bond donors (Lipinski definition) is 1. The highest BCUT2D eigenvalue weighted by Crippen LogP contribution is 2.15. The average molecular weight is 449 g/mol. The molecule has 162 valence electrons. The lowest BCUT2D eigenvalue weighted by Gasteiger charge is -2.08. The van der Waals surface area contributed by atoms with Crippen molar-refractivity contribution in [2.75, 3.05) is 5.32 Å². The zero-order valence-electron chi connectivity index (χ0n) is 17.5. The molecule has 4 aromatic rings. The van der Waals surface area contributed by atoms with Gasteiger partial charge < -0.3 is 10.1 Å². The fraction of sp³-hybridized carbons (Fsp3) is 0.174. The third kappa shape index (κ3) is 4.57. The first-order valence-corrected chi connectivity index (χ1v) is 10.8. The summed E-state index contributed by atoms with van der Waals surface area (Å²) in [5.41, 5.74) is 2.39. The Morgan fingerprint density at radius 1 is 1.12 bits per heavy atom. The molecule has 0 unspecified atom stereocenters. The quantitative estimate of drug-likeness (QED) is 0.452. The van der Waals surface area contributed by atoms with Gasteiger partial charge in [-0.05, 0) is 49.2 Å². The highest BCUT2D eigenvalue weighted by molar-refractivity contribution is 7.16. The minimum atomic E-state index is -0.553. The van der Waals surface area contributed by atoms with Crippen LogP contribution in [0.4, 0.5) is 5.69 Å². The second-order valence-corrected chi connectivity index (χ2v) is 8.09. The summed E-state index contributed by atoms with van der Waals surface area (Å²) in [6, 6.07) is 15.0. The van der Waals surface area contributed by atoms with E-state index in [-0.39, 0.29) is 18.1 Å². The van der Waals surface area contributed by atoms with Crippen molar-refractivity contribution in [1.29, 1.82) is 0 Å². The van der Waals surface area contributed by atoms with Crippen LogP contribution in [0.25, 0.3) is 4.96 Å². The third-order valence-electron chi connectivity index (χ3n) is 4.76. The number of nitrogens with one attached hydrogen (secondary N) is 1. The van der Waals surface area contributed by atoms with Gasteiger partial charge in [-0.2, -0.15) is 9.61 Å². The van der Waals surface area contributed by atoms with Crippen LogP contribution in [0.15, 0.2) is 59.4 Å². The van der Waals surface area contributed by atoms with Crippen molar-refractivity contribution in [2.45, 2.75) is 26.9 Å². The molecule has 0 aliphatic rings. The second-order valence-electron chi connectivity index (χ2n) is 7.05. The second kappa shape index (κ2) is 9.11. The van der Waals surface area contributed by atoms with E-state index in [1.54, 1.807) is 36.4 Å². The Morgan fingerprint density at radius 2 is 1.88 bits per heavy atom. The molecule has 0 radical (unpaired) electrons. The van der Waals surface area contributed by atoms with Gasteiger partial charge in [0.2, 0.25) is 4.96 Å². The van der Waals surface area contributed by atoms with Gasteiger partial charge in [-0.1, -0.05) is 36.5 Å². The Labute approximate surface area is 187 Å². The molecule has 0 aliphatic heterocycles. The molecule has 4 rings (SSSR count). The van der Waals surface area contributed by atoms with Crippen molar-refractivity contribution >= 4 is 33.9 Å². The molecular weight excluding hydrogens is 428 g/mol. The number of aromatic nitrogens is 3. The van der Waals surface area contributed by atoms with Crippen LogP contribution < -0.4 is 10.9 Å². The van der Waals surface area contributed by atoms with E-state index < -0.39 is 5.97 Å². The van der Waals surface area contributed by atoms with Gasteiger partial charge in [0.25, 0.3) is 11.5 Å². The molecule has 0 spiro atoms. The van der Waals surface area contributed by atoms with Crippen molar-refractivity contribution in [3.05, 3.63) is 92.3 Å². The van der Waals surface area contributed by atoms with E-state index in [1.165, 1.54) is 21.9 Å². The number of carbonyl (C=O) groups excluding carboxylic acids is 2. The molecule has 0 atom stereocenters. The van der Waals surface area contributed by atoms with E-state index in [0.717, 1.165) is 10.6 Å². The zero-order valence-corrected chi connectivity index (χ0v) is 18.3. The summed E-state index contributed by atoms with van der Waals surface area (Å²) in [5.74, 6) is -0.775. The predicted molar refractivity (Wildman–Crippen MR) is 121 cm³/mol. The Balaban J connectivity index is 1.40. The number of hydrogen-bond acceptors (Lipinski definition) is 7. The predicted octanol–water partition coefficient (Wildman–Crippen LogP) is 3.63. The smallest absolute Gasteiger partial charge is 0.338 e. The van der Waals surface area contributed by atoms with Crippen molar-refractivity contribution < 1.29 is 14.3 Å². The molecule has 1 N–H and O–H groups in total. The van der Waals surface area contributed by atoms with Crippen molar-refractivity contribution in [3.8, 4) is 0 Å². The standard InChI is InChI=1S/C23H20N4O4S/c1-3-19-26-27-20(28)12-17(25-23(27)32-19)13-31-22(30)15-8-10-16(11-9-15)24-21(29)18-7-5-4-6-14(18)2/h4-12H,3,13H2,1-2H3,(H,24,29). The highest BCUT2D eigenvalue weighted by Gasteiger charge is 2.13. The first kappa shape index (κ1) is 21.4. The van der Waals surface area contributed by atoms with Crippen LogP contribution in [0.1, 0.15) is 43.9 Å². The maximum absolute atomic E-state index is 12.4. The molecule has 32 heavy (non-hydrogen) atoms. The first-order valence-electron chi connectivity index (χ1n) is 9.97. The van der Waals surface area contributed by atoms with Gasteiger partial charge >= 0.3 is 5.97 Å². The first-order chi connectivity index (χ1) is 15.4. The number of carbonyl (C=O) groups is 2. The lowest BCUT2D eigenvalue weighted by Crippen LogP contribution is -2.16. The Kier molecular flexibility index (Phi) is 6.09. The van der Waals surface area contributed by atoms with Crippen LogP contribution in [0, 0.1) is 6.92 Å². The monoisotopic (exact) mass is 448 g/mol. The summed E-state index contributed by atoms with van der Waals surface area (Å²) in [4.78, 5) is 41.8. The van der Waals surface area contributed by atoms with Gasteiger partial charge in [-0.25, -0.2) is 9.78 Å². The minimum Gasteiger partial charge on any atom is -0.456 e. The van der Waals surface area contributed by atoms with E-state index in [2.05, 4.69) is 15.4 Å². The van der Waals surface area contributed by atoms with E-state index in [1.807, 2.05) is 26.0 Å². The topological polar surface area (TPSA) is 103 Å². The molecule has 0 saturated carbocycles. The summed E-state index contributed by atoms with van der Waals surface area (Å²) in [6.45, 7) is 3.69. The number of esters is 1. The maximum atomic E-state index is 12.4. The van der Waals surface area contributed by atoms with E-state index in [4.69, 9.17) is 4.74 Å². The molecule has 2 aromatic heterocycles.